The second kappa shape index (κ2) is 10.7. The largest absolute Gasteiger partial charge is 0.352 e. The minimum atomic E-state index is -0.368. The van der Waals surface area contributed by atoms with Gasteiger partial charge in [0.25, 0.3) is 5.91 Å². The summed E-state index contributed by atoms with van der Waals surface area (Å²) in [5, 5.41) is 2.72. The topological polar surface area (TPSA) is 49.4 Å². The maximum absolute atomic E-state index is 13.8. The molecule has 1 atom stereocenters. The van der Waals surface area contributed by atoms with Crippen LogP contribution in [-0.2, 0) is 17.9 Å². The van der Waals surface area contributed by atoms with E-state index >= 15 is 0 Å². The Morgan fingerprint density at radius 2 is 1.59 bits per heavy atom. The minimum Gasteiger partial charge on any atom is -0.352 e. The van der Waals surface area contributed by atoms with Crippen LogP contribution in [-0.4, -0.2) is 16.7 Å². The molecule has 0 aliphatic heterocycles. The van der Waals surface area contributed by atoms with Gasteiger partial charge in [0.05, 0.1) is 6.04 Å². The van der Waals surface area contributed by atoms with Crippen LogP contribution in [0.3, 0.4) is 0 Å². The summed E-state index contributed by atoms with van der Waals surface area (Å²) in [5.41, 5.74) is 2.83. The molecule has 0 spiro atoms. The van der Waals surface area contributed by atoms with E-state index in [-0.39, 0.29) is 36.0 Å². The van der Waals surface area contributed by atoms with E-state index in [1.54, 1.807) is 53.4 Å². The van der Waals surface area contributed by atoms with E-state index in [1.807, 2.05) is 6.92 Å². The molecule has 3 aromatic carbocycles. The van der Waals surface area contributed by atoms with E-state index in [0.717, 1.165) is 11.1 Å². The highest BCUT2D eigenvalue weighted by Gasteiger charge is 2.25. The molecule has 0 fully saturated rings. The van der Waals surface area contributed by atoms with Crippen LogP contribution in [0.2, 0.25) is 0 Å². The summed E-state index contributed by atoms with van der Waals surface area (Å²) in [6.45, 7) is 3.99. The average molecular weight is 437 g/mol. The van der Waals surface area contributed by atoms with Crippen LogP contribution in [0.25, 0.3) is 0 Å². The monoisotopic (exact) mass is 436 g/mol. The van der Waals surface area contributed by atoms with Gasteiger partial charge in [-0.25, -0.2) is 8.78 Å². The zero-order chi connectivity index (χ0) is 23.1. The number of hydrogen-bond acceptors (Lipinski definition) is 2. The van der Waals surface area contributed by atoms with Gasteiger partial charge < -0.3 is 10.2 Å². The molecule has 32 heavy (non-hydrogen) atoms. The van der Waals surface area contributed by atoms with Gasteiger partial charge in [-0.1, -0.05) is 43.3 Å². The Bertz CT molecular complexity index is 1070. The fourth-order valence-corrected chi connectivity index (χ4v) is 3.63. The number of amides is 2. The molecule has 3 rings (SSSR count). The van der Waals surface area contributed by atoms with Gasteiger partial charge in [-0.05, 0) is 59.5 Å². The molecule has 0 aliphatic carbocycles. The number of hydrogen-bond donors (Lipinski definition) is 1. The number of benzene rings is 3. The highest BCUT2D eigenvalue weighted by molar-refractivity contribution is 5.94. The number of nitrogens with one attached hydrogen (secondary N) is 1. The molecular weight excluding hydrogens is 410 g/mol. The van der Waals surface area contributed by atoms with E-state index in [1.165, 1.54) is 31.2 Å². The van der Waals surface area contributed by atoms with Gasteiger partial charge in [-0.2, -0.15) is 0 Å². The van der Waals surface area contributed by atoms with Crippen molar-refractivity contribution in [3.8, 4) is 0 Å². The fraction of sp³-hybridized carbons (Fsp3) is 0.231. The minimum absolute atomic E-state index is 0.128. The maximum Gasteiger partial charge on any atom is 0.254 e. The molecule has 0 aromatic heterocycles. The first-order valence-corrected chi connectivity index (χ1v) is 10.5. The summed E-state index contributed by atoms with van der Waals surface area (Å²) in [7, 11) is 0. The van der Waals surface area contributed by atoms with E-state index in [2.05, 4.69) is 5.32 Å². The Morgan fingerprint density at radius 3 is 2.19 bits per heavy atom. The normalized spacial score (nSPS) is 11.6. The van der Waals surface area contributed by atoms with Crippen molar-refractivity contribution in [1.82, 2.24) is 10.2 Å². The molecular formula is C26H26F2N2O2. The summed E-state index contributed by atoms with van der Waals surface area (Å²) in [5.74, 6) is -1.05. The Hall–Kier alpha value is -3.54. The predicted octanol–water partition coefficient (Wildman–Crippen LogP) is 5.39. The van der Waals surface area contributed by atoms with Crippen molar-refractivity contribution in [3.63, 3.8) is 0 Å². The van der Waals surface area contributed by atoms with E-state index < -0.39 is 0 Å². The molecule has 2 amide bonds. The van der Waals surface area contributed by atoms with Crippen molar-refractivity contribution in [3.05, 3.63) is 107 Å². The smallest absolute Gasteiger partial charge is 0.254 e. The van der Waals surface area contributed by atoms with Crippen molar-refractivity contribution < 1.29 is 18.4 Å². The Kier molecular flexibility index (Phi) is 7.71. The van der Waals surface area contributed by atoms with Gasteiger partial charge in [-0.3, -0.25) is 9.59 Å². The van der Waals surface area contributed by atoms with Crippen LogP contribution >= 0.6 is 0 Å². The van der Waals surface area contributed by atoms with E-state index in [9.17, 15) is 18.4 Å². The predicted molar refractivity (Wildman–Crippen MR) is 120 cm³/mol. The fourth-order valence-electron chi connectivity index (χ4n) is 3.63. The highest BCUT2D eigenvalue weighted by Crippen LogP contribution is 2.28. The molecule has 1 N–H and O–H groups in total. The molecule has 1 unspecified atom stereocenters. The molecule has 166 valence electrons. The third-order valence-corrected chi connectivity index (χ3v) is 5.26. The van der Waals surface area contributed by atoms with Gasteiger partial charge in [0, 0.05) is 25.6 Å². The third kappa shape index (κ3) is 6.00. The summed E-state index contributed by atoms with van der Waals surface area (Å²) in [6.07, 6.45) is 0.604. The Morgan fingerprint density at radius 1 is 0.906 bits per heavy atom. The molecule has 0 heterocycles. The molecule has 0 aliphatic rings. The molecule has 4 nitrogen and oxygen atoms in total. The van der Waals surface area contributed by atoms with Gasteiger partial charge in [0.15, 0.2) is 0 Å². The highest BCUT2D eigenvalue weighted by atomic mass is 19.1. The number of nitrogens with zero attached hydrogens (tertiary/aromatic N) is 1. The lowest BCUT2D eigenvalue weighted by atomic mass is 10.00. The van der Waals surface area contributed by atoms with Crippen LogP contribution in [0.5, 0.6) is 0 Å². The SMILES string of the molecule is CCC(c1ccc(F)cc1)N(Cc1cccc(F)c1)C(=O)c1ccc(CNC(C)=O)cc1. The van der Waals surface area contributed by atoms with Crippen molar-refractivity contribution in [2.45, 2.75) is 39.4 Å². The quantitative estimate of drug-likeness (QED) is 0.514. The summed E-state index contributed by atoms with van der Waals surface area (Å²) >= 11 is 0. The molecule has 3 aromatic rings. The zero-order valence-electron chi connectivity index (χ0n) is 18.1. The second-order valence-corrected chi connectivity index (χ2v) is 7.65. The van der Waals surface area contributed by atoms with Crippen LogP contribution in [0.4, 0.5) is 8.78 Å². The summed E-state index contributed by atoms with van der Waals surface area (Å²) in [4.78, 5) is 26.3. The average Bonchev–Trinajstić information content (AvgIpc) is 2.78. The Labute approximate surface area is 186 Å². The standard InChI is InChI=1S/C26H26F2N2O2/c1-3-25(21-11-13-23(27)14-12-21)30(17-20-5-4-6-24(28)15-20)26(32)22-9-7-19(8-10-22)16-29-18(2)31/h4-15,25H,3,16-17H2,1-2H3,(H,29,31). The van der Waals surface area contributed by atoms with Crippen molar-refractivity contribution in [1.29, 1.82) is 0 Å². The van der Waals surface area contributed by atoms with Crippen LogP contribution in [0.1, 0.15) is 53.4 Å². The van der Waals surface area contributed by atoms with Gasteiger partial charge >= 0.3 is 0 Å². The first kappa shape index (κ1) is 23.1. The maximum atomic E-state index is 13.8. The van der Waals surface area contributed by atoms with Crippen molar-refractivity contribution in [2.75, 3.05) is 0 Å². The number of rotatable bonds is 8. The van der Waals surface area contributed by atoms with Gasteiger partial charge in [0.2, 0.25) is 5.91 Å². The molecule has 0 bridgehead atoms. The van der Waals surface area contributed by atoms with Crippen molar-refractivity contribution >= 4 is 11.8 Å². The molecule has 0 saturated carbocycles. The lowest BCUT2D eigenvalue weighted by Gasteiger charge is -2.32. The zero-order valence-corrected chi connectivity index (χ0v) is 18.1. The van der Waals surface area contributed by atoms with Crippen LogP contribution in [0.15, 0.2) is 72.8 Å². The Balaban J connectivity index is 1.92. The van der Waals surface area contributed by atoms with Crippen LogP contribution in [0, 0.1) is 11.6 Å². The van der Waals surface area contributed by atoms with E-state index in [0.29, 0.717) is 24.1 Å². The first-order valence-electron chi connectivity index (χ1n) is 10.5. The number of carbonyl (C=O) groups excluding carboxylic acids is 2. The molecule has 6 heteroatoms. The third-order valence-electron chi connectivity index (χ3n) is 5.26. The number of carbonyl (C=O) groups is 2. The summed E-state index contributed by atoms with van der Waals surface area (Å²) < 4.78 is 27.3. The van der Waals surface area contributed by atoms with Crippen LogP contribution < -0.4 is 5.32 Å². The second-order valence-electron chi connectivity index (χ2n) is 7.65. The first-order chi connectivity index (χ1) is 15.4. The number of halogens is 2. The van der Waals surface area contributed by atoms with Crippen molar-refractivity contribution in [2.24, 2.45) is 0 Å². The molecule has 0 saturated heterocycles. The van der Waals surface area contributed by atoms with E-state index in [4.69, 9.17) is 0 Å². The lowest BCUT2D eigenvalue weighted by molar-refractivity contribution is -0.119. The molecule has 0 radical (unpaired) electrons. The summed E-state index contributed by atoms with van der Waals surface area (Å²) in [6, 6.07) is 19.0. The lowest BCUT2D eigenvalue weighted by Crippen LogP contribution is -2.34. The van der Waals surface area contributed by atoms with Gasteiger partial charge in [-0.15, -0.1) is 0 Å². The van der Waals surface area contributed by atoms with Gasteiger partial charge in [0.1, 0.15) is 11.6 Å².